The summed E-state index contributed by atoms with van der Waals surface area (Å²) in [7, 11) is 1.79. The molecule has 5 nitrogen and oxygen atoms in total. The standard InChI is InChI=1S/C12H18N4OS/c1-7(17)12(2,3)16-9-8-5-6-18-10(8)15-11(13-4)14-9/h5-7,17H,1-4H3,(H2,13,14,15,16). The third kappa shape index (κ3) is 2.39. The average Bonchev–Trinajstić information content (AvgIpc) is 2.76. The van der Waals surface area contributed by atoms with Crippen molar-refractivity contribution in [3.8, 4) is 0 Å². The van der Waals surface area contributed by atoms with Crippen LogP contribution in [0.25, 0.3) is 10.2 Å². The molecule has 0 spiro atoms. The van der Waals surface area contributed by atoms with Crippen LogP contribution in [0, 0.1) is 0 Å². The van der Waals surface area contributed by atoms with Gasteiger partial charge in [0.05, 0.1) is 17.0 Å². The topological polar surface area (TPSA) is 70.1 Å². The predicted molar refractivity (Wildman–Crippen MR) is 76.3 cm³/mol. The first-order valence-corrected chi connectivity index (χ1v) is 6.71. The molecule has 0 amide bonds. The van der Waals surface area contributed by atoms with E-state index in [9.17, 15) is 5.11 Å². The molecule has 98 valence electrons. The number of hydrogen-bond acceptors (Lipinski definition) is 6. The van der Waals surface area contributed by atoms with Crippen LogP contribution >= 0.6 is 11.3 Å². The second-order valence-electron chi connectivity index (χ2n) is 4.81. The van der Waals surface area contributed by atoms with Crippen LogP contribution < -0.4 is 10.6 Å². The summed E-state index contributed by atoms with van der Waals surface area (Å²) >= 11 is 1.57. The van der Waals surface area contributed by atoms with Gasteiger partial charge in [-0.05, 0) is 32.2 Å². The maximum Gasteiger partial charge on any atom is 0.225 e. The first-order valence-electron chi connectivity index (χ1n) is 5.83. The molecule has 2 rings (SSSR count). The van der Waals surface area contributed by atoms with E-state index in [2.05, 4.69) is 20.6 Å². The molecule has 0 saturated carbocycles. The maximum atomic E-state index is 9.77. The highest BCUT2D eigenvalue weighted by Gasteiger charge is 2.25. The number of aromatic nitrogens is 2. The Hall–Kier alpha value is -1.40. The quantitative estimate of drug-likeness (QED) is 0.792. The second kappa shape index (κ2) is 4.70. The smallest absolute Gasteiger partial charge is 0.225 e. The Bertz CT molecular complexity index is 550. The molecule has 2 aromatic heterocycles. The first-order chi connectivity index (χ1) is 8.44. The summed E-state index contributed by atoms with van der Waals surface area (Å²) in [5.41, 5.74) is -0.450. The number of nitrogens with one attached hydrogen (secondary N) is 2. The normalized spacial score (nSPS) is 13.6. The van der Waals surface area contributed by atoms with Crippen molar-refractivity contribution < 1.29 is 5.11 Å². The molecule has 0 aromatic carbocycles. The van der Waals surface area contributed by atoms with E-state index in [0.717, 1.165) is 16.0 Å². The number of rotatable bonds is 4. The minimum atomic E-state index is -0.487. The SMILES string of the molecule is CNc1nc(NC(C)(C)C(C)O)c2ccsc2n1. The molecule has 1 atom stereocenters. The number of aliphatic hydroxyl groups is 1. The summed E-state index contributed by atoms with van der Waals surface area (Å²) in [6, 6.07) is 1.99. The van der Waals surface area contributed by atoms with E-state index in [1.807, 2.05) is 25.3 Å². The highest BCUT2D eigenvalue weighted by molar-refractivity contribution is 7.16. The highest BCUT2D eigenvalue weighted by atomic mass is 32.1. The minimum Gasteiger partial charge on any atom is -0.391 e. The monoisotopic (exact) mass is 266 g/mol. The van der Waals surface area contributed by atoms with E-state index in [1.54, 1.807) is 25.3 Å². The summed E-state index contributed by atoms with van der Waals surface area (Å²) in [5, 5.41) is 19.0. The van der Waals surface area contributed by atoms with Gasteiger partial charge in [-0.15, -0.1) is 11.3 Å². The number of fused-ring (bicyclic) bond motifs is 1. The zero-order valence-corrected chi connectivity index (χ0v) is 11.8. The lowest BCUT2D eigenvalue weighted by Gasteiger charge is -2.30. The molecule has 0 saturated heterocycles. The van der Waals surface area contributed by atoms with Crippen LogP contribution in [0.1, 0.15) is 20.8 Å². The van der Waals surface area contributed by atoms with E-state index in [4.69, 9.17) is 0 Å². The van der Waals surface area contributed by atoms with Crippen molar-refractivity contribution in [3.05, 3.63) is 11.4 Å². The number of anilines is 2. The molecule has 6 heteroatoms. The highest BCUT2D eigenvalue weighted by Crippen LogP contribution is 2.29. The molecule has 1 unspecified atom stereocenters. The largest absolute Gasteiger partial charge is 0.391 e. The van der Waals surface area contributed by atoms with Gasteiger partial charge in [0.1, 0.15) is 10.6 Å². The number of thiophene rings is 1. The Morgan fingerprint density at radius 2 is 2.11 bits per heavy atom. The Morgan fingerprint density at radius 3 is 2.72 bits per heavy atom. The lowest BCUT2D eigenvalue weighted by Crippen LogP contribution is -2.42. The zero-order chi connectivity index (χ0) is 13.3. The van der Waals surface area contributed by atoms with E-state index in [-0.39, 0.29) is 0 Å². The van der Waals surface area contributed by atoms with Gasteiger partial charge in [0.2, 0.25) is 5.95 Å². The fraction of sp³-hybridized carbons (Fsp3) is 0.500. The third-order valence-corrected chi connectivity index (χ3v) is 3.84. The van der Waals surface area contributed by atoms with Crippen LogP contribution in [0.15, 0.2) is 11.4 Å². The number of aliphatic hydroxyl groups excluding tert-OH is 1. The molecule has 2 aromatic rings. The Balaban J connectivity index is 2.46. The van der Waals surface area contributed by atoms with Gasteiger partial charge in [0.15, 0.2) is 0 Å². The molecular weight excluding hydrogens is 248 g/mol. The van der Waals surface area contributed by atoms with Crippen LogP contribution in [0.2, 0.25) is 0 Å². The van der Waals surface area contributed by atoms with Crippen LogP contribution in [-0.2, 0) is 0 Å². The van der Waals surface area contributed by atoms with Crippen LogP contribution in [0.4, 0.5) is 11.8 Å². The molecule has 0 fully saturated rings. The van der Waals surface area contributed by atoms with E-state index < -0.39 is 11.6 Å². The number of nitrogens with zero attached hydrogens (tertiary/aromatic N) is 2. The summed E-state index contributed by atoms with van der Waals surface area (Å²) in [5.74, 6) is 1.32. The fourth-order valence-corrected chi connectivity index (χ4v) is 2.24. The van der Waals surface area contributed by atoms with Gasteiger partial charge in [-0.3, -0.25) is 0 Å². The van der Waals surface area contributed by atoms with Crippen molar-refractivity contribution in [1.82, 2.24) is 9.97 Å². The molecular formula is C12H18N4OS. The van der Waals surface area contributed by atoms with Gasteiger partial charge in [-0.25, -0.2) is 4.98 Å². The van der Waals surface area contributed by atoms with Crippen molar-refractivity contribution in [2.75, 3.05) is 17.7 Å². The van der Waals surface area contributed by atoms with E-state index in [1.165, 1.54) is 0 Å². The van der Waals surface area contributed by atoms with Crippen LogP contribution in [-0.4, -0.2) is 33.8 Å². The molecule has 0 aliphatic heterocycles. The van der Waals surface area contributed by atoms with Crippen molar-refractivity contribution in [3.63, 3.8) is 0 Å². The Labute approximate surface area is 110 Å². The second-order valence-corrected chi connectivity index (χ2v) is 5.70. The van der Waals surface area contributed by atoms with Crippen molar-refractivity contribution in [1.29, 1.82) is 0 Å². The molecule has 3 N–H and O–H groups in total. The van der Waals surface area contributed by atoms with Gasteiger partial charge >= 0.3 is 0 Å². The average molecular weight is 266 g/mol. The van der Waals surface area contributed by atoms with E-state index in [0.29, 0.717) is 5.95 Å². The van der Waals surface area contributed by atoms with Crippen molar-refractivity contribution in [2.45, 2.75) is 32.4 Å². The van der Waals surface area contributed by atoms with Gasteiger partial charge in [-0.2, -0.15) is 4.98 Å². The predicted octanol–water partition coefficient (Wildman–Crippen LogP) is 2.30. The molecule has 18 heavy (non-hydrogen) atoms. The zero-order valence-electron chi connectivity index (χ0n) is 11.0. The van der Waals surface area contributed by atoms with Crippen molar-refractivity contribution >= 4 is 33.3 Å². The summed E-state index contributed by atoms with van der Waals surface area (Å²) < 4.78 is 0. The summed E-state index contributed by atoms with van der Waals surface area (Å²) in [4.78, 5) is 9.73. The lowest BCUT2D eigenvalue weighted by molar-refractivity contribution is 0.133. The van der Waals surface area contributed by atoms with E-state index >= 15 is 0 Å². The summed E-state index contributed by atoms with van der Waals surface area (Å²) in [6.45, 7) is 5.64. The lowest BCUT2D eigenvalue weighted by atomic mass is 9.99. The first kappa shape index (κ1) is 13.0. The Morgan fingerprint density at radius 1 is 1.39 bits per heavy atom. The summed E-state index contributed by atoms with van der Waals surface area (Å²) in [6.07, 6.45) is -0.487. The van der Waals surface area contributed by atoms with Crippen LogP contribution in [0.5, 0.6) is 0 Å². The Kier molecular flexibility index (Phi) is 3.41. The molecule has 2 heterocycles. The molecule has 0 bridgehead atoms. The van der Waals surface area contributed by atoms with Crippen molar-refractivity contribution in [2.24, 2.45) is 0 Å². The molecule has 0 radical (unpaired) electrons. The molecule has 0 aliphatic carbocycles. The van der Waals surface area contributed by atoms with Gasteiger partial charge in [-0.1, -0.05) is 0 Å². The molecule has 0 aliphatic rings. The van der Waals surface area contributed by atoms with Gasteiger partial charge < -0.3 is 15.7 Å². The van der Waals surface area contributed by atoms with Gasteiger partial charge in [0.25, 0.3) is 0 Å². The van der Waals surface area contributed by atoms with Gasteiger partial charge in [0, 0.05) is 7.05 Å². The minimum absolute atomic E-state index is 0.450. The third-order valence-electron chi connectivity index (χ3n) is 3.03. The fourth-order valence-electron chi connectivity index (χ4n) is 1.47. The maximum absolute atomic E-state index is 9.77. The number of hydrogen-bond donors (Lipinski definition) is 3. The van der Waals surface area contributed by atoms with Crippen LogP contribution in [0.3, 0.4) is 0 Å².